The highest BCUT2D eigenvalue weighted by Gasteiger charge is 2.21. The highest BCUT2D eigenvalue weighted by atomic mass is 16.5. The Bertz CT molecular complexity index is 462. The molecule has 5 nitrogen and oxygen atoms in total. The largest absolute Gasteiger partial charge is 0.378 e. The molecule has 1 saturated heterocycles. The molecular weight excluding hydrogens is 230 g/mol. The van der Waals surface area contributed by atoms with Gasteiger partial charge in [0.2, 0.25) is 0 Å². The summed E-state index contributed by atoms with van der Waals surface area (Å²) in [7, 11) is 0. The van der Waals surface area contributed by atoms with Gasteiger partial charge in [0.25, 0.3) is 5.56 Å². The van der Waals surface area contributed by atoms with E-state index in [4.69, 9.17) is 4.74 Å². The third-order valence-electron chi connectivity index (χ3n) is 3.44. The van der Waals surface area contributed by atoms with Crippen molar-refractivity contribution in [2.75, 3.05) is 6.61 Å². The fourth-order valence-electron chi connectivity index (χ4n) is 2.31. The molecule has 1 aromatic rings. The molecule has 1 aliphatic heterocycles. The van der Waals surface area contributed by atoms with Crippen LogP contribution in [-0.2, 0) is 17.7 Å². The Morgan fingerprint density at radius 1 is 1.44 bits per heavy atom. The molecule has 1 unspecified atom stereocenters. The normalized spacial score (nSPS) is 23.4. The van der Waals surface area contributed by atoms with Crippen LogP contribution < -0.4 is 10.9 Å². The van der Waals surface area contributed by atoms with Gasteiger partial charge in [-0.3, -0.25) is 4.79 Å². The Hall–Kier alpha value is -1.20. The predicted molar refractivity (Wildman–Crippen MR) is 67.4 cm³/mol. The molecule has 1 aromatic heterocycles. The van der Waals surface area contributed by atoms with E-state index in [0.29, 0.717) is 19.0 Å². The first-order valence-electron chi connectivity index (χ1n) is 6.74. The third-order valence-corrected chi connectivity index (χ3v) is 3.44. The molecule has 3 rings (SSSR count). The molecule has 18 heavy (non-hydrogen) atoms. The van der Waals surface area contributed by atoms with Crippen LogP contribution in [0.1, 0.15) is 37.2 Å². The van der Waals surface area contributed by atoms with E-state index < -0.39 is 0 Å². The molecule has 0 spiro atoms. The predicted octanol–water partition coefficient (Wildman–Crippen LogP) is 0.743. The van der Waals surface area contributed by atoms with Crippen molar-refractivity contribution in [1.29, 1.82) is 0 Å². The van der Waals surface area contributed by atoms with E-state index in [-0.39, 0.29) is 11.7 Å². The number of nitrogens with zero attached hydrogens (tertiary/aromatic N) is 1. The molecule has 98 valence electrons. The van der Waals surface area contributed by atoms with Gasteiger partial charge in [-0.1, -0.05) is 0 Å². The van der Waals surface area contributed by atoms with E-state index >= 15 is 0 Å². The molecule has 1 aliphatic carbocycles. The monoisotopic (exact) mass is 249 g/mol. The average molecular weight is 249 g/mol. The molecule has 2 heterocycles. The van der Waals surface area contributed by atoms with Crippen LogP contribution in [0.2, 0.25) is 0 Å². The quantitative estimate of drug-likeness (QED) is 0.808. The van der Waals surface area contributed by atoms with Crippen molar-refractivity contribution in [3.05, 3.63) is 27.9 Å². The van der Waals surface area contributed by atoms with Crippen molar-refractivity contribution < 1.29 is 4.74 Å². The van der Waals surface area contributed by atoms with Gasteiger partial charge in [0.1, 0.15) is 5.82 Å². The summed E-state index contributed by atoms with van der Waals surface area (Å²) < 4.78 is 5.57. The number of aromatic nitrogens is 2. The smallest absolute Gasteiger partial charge is 0.251 e. The zero-order valence-electron chi connectivity index (χ0n) is 10.4. The fourth-order valence-corrected chi connectivity index (χ4v) is 2.31. The van der Waals surface area contributed by atoms with Gasteiger partial charge < -0.3 is 15.0 Å². The van der Waals surface area contributed by atoms with Gasteiger partial charge in [-0.2, -0.15) is 0 Å². The van der Waals surface area contributed by atoms with Crippen LogP contribution in [0.15, 0.2) is 10.9 Å². The van der Waals surface area contributed by atoms with Crippen molar-refractivity contribution in [3.8, 4) is 0 Å². The van der Waals surface area contributed by atoms with Gasteiger partial charge in [-0.05, 0) is 25.7 Å². The number of hydrogen-bond donors (Lipinski definition) is 2. The third kappa shape index (κ3) is 3.17. The summed E-state index contributed by atoms with van der Waals surface area (Å²) in [5.41, 5.74) is 0.768. The Balaban J connectivity index is 1.66. The van der Waals surface area contributed by atoms with Crippen molar-refractivity contribution in [3.63, 3.8) is 0 Å². The summed E-state index contributed by atoms with van der Waals surface area (Å²) in [6.07, 6.45) is 5.59. The molecule has 0 bridgehead atoms. The standard InChI is InChI=1S/C13H19N3O2/c17-13-6-10(8-14-9-3-4-9)15-12(16-13)7-11-2-1-5-18-11/h6,9,11,14H,1-5,7-8H2,(H,15,16,17). The van der Waals surface area contributed by atoms with Crippen LogP contribution in [0.25, 0.3) is 0 Å². The second-order valence-corrected chi connectivity index (χ2v) is 5.18. The van der Waals surface area contributed by atoms with Crippen molar-refractivity contribution >= 4 is 0 Å². The minimum atomic E-state index is -0.0643. The van der Waals surface area contributed by atoms with Crippen molar-refractivity contribution in [1.82, 2.24) is 15.3 Å². The van der Waals surface area contributed by atoms with Crippen LogP contribution in [-0.4, -0.2) is 28.7 Å². The Morgan fingerprint density at radius 2 is 2.33 bits per heavy atom. The Labute approximate surface area is 106 Å². The summed E-state index contributed by atoms with van der Waals surface area (Å²) >= 11 is 0. The summed E-state index contributed by atoms with van der Waals surface area (Å²) in [5.74, 6) is 0.752. The van der Waals surface area contributed by atoms with E-state index in [0.717, 1.165) is 31.0 Å². The lowest BCUT2D eigenvalue weighted by Gasteiger charge is -2.09. The molecule has 2 aliphatic rings. The van der Waals surface area contributed by atoms with E-state index in [1.54, 1.807) is 6.07 Å². The van der Waals surface area contributed by atoms with E-state index in [1.807, 2.05) is 0 Å². The van der Waals surface area contributed by atoms with Gasteiger partial charge in [0.05, 0.1) is 11.8 Å². The summed E-state index contributed by atoms with van der Waals surface area (Å²) in [6, 6.07) is 2.21. The van der Waals surface area contributed by atoms with Crippen molar-refractivity contribution in [2.45, 2.75) is 50.8 Å². The van der Waals surface area contributed by atoms with Crippen LogP contribution in [0, 0.1) is 0 Å². The van der Waals surface area contributed by atoms with Crippen LogP contribution in [0.4, 0.5) is 0 Å². The molecule has 0 aromatic carbocycles. The molecule has 2 fully saturated rings. The molecule has 2 N–H and O–H groups in total. The lowest BCUT2D eigenvalue weighted by atomic mass is 10.2. The number of ether oxygens (including phenoxy) is 1. The first-order valence-corrected chi connectivity index (χ1v) is 6.74. The maximum atomic E-state index is 11.6. The zero-order valence-corrected chi connectivity index (χ0v) is 10.4. The summed E-state index contributed by atoms with van der Waals surface area (Å²) in [5, 5.41) is 3.37. The lowest BCUT2D eigenvalue weighted by molar-refractivity contribution is 0.109. The highest BCUT2D eigenvalue weighted by molar-refractivity contribution is 5.04. The number of rotatable bonds is 5. The molecule has 0 radical (unpaired) electrons. The molecule has 5 heteroatoms. The second kappa shape index (κ2) is 5.20. The van der Waals surface area contributed by atoms with Gasteiger partial charge in [0, 0.05) is 31.7 Å². The molecule has 0 amide bonds. The average Bonchev–Trinajstić information content (AvgIpc) is 3.04. The molecular formula is C13H19N3O2. The minimum absolute atomic E-state index is 0.0643. The minimum Gasteiger partial charge on any atom is -0.378 e. The summed E-state index contributed by atoms with van der Waals surface area (Å²) in [4.78, 5) is 18.9. The van der Waals surface area contributed by atoms with E-state index in [1.165, 1.54) is 12.8 Å². The SMILES string of the molecule is O=c1cc(CNC2CC2)nc(CC2CCCO2)[nH]1. The Morgan fingerprint density at radius 3 is 3.06 bits per heavy atom. The summed E-state index contributed by atoms with van der Waals surface area (Å²) in [6.45, 7) is 1.52. The van der Waals surface area contributed by atoms with Crippen LogP contribution in [0.3, 0.4) is 0 Å². The maximum absolute atomic E-state index is 11.6. The zero-order chi connectivity index (χ0) is 12.4. The van der Waals surface area contributed by atoms with Crippen LogP contribution in [0.5, 0.6) is 0 Å². The van der Waals surface area contributed by atoms with E-state index in [9.17, 15) is 4.79 Å². The lowest BCUT2D eigenvalue weighted by Crippen LogP contribution is -2.22. The number of H-pyrrole nitrogens is 1. The topological polar surface area (TPSA) is 67.0 Å². The highest BCUT2D eigenvalue weighted by Crippen LogP contribution is 2.19. The number of aromatic amines is 1. The Kier molecular flexibility index (Phi) is 3.43. The van der Waals surface area contributed by atoms with Gasteiger partial charge in [-0.25, -0.2) is 4.98 Å². The van der Waals surface area contributed by atoms with Gasteiger partial charge in [-0.15, -0.1) is 0 Å². The number of hydrogen-bond acceptors (Lipinski definition) is 4. The molecule has 1 atom stereocenters. The van der Waals surface area contributed by atoms with Gasteiger partial charge >= 0.3 is 0 Å². The van der Waals surface area contributed by atoms with Crippen LogP contribution >= 0.6 is 0 Å². The number of nitrogens with one attached hydrogen (secondary N) is 2. The van der Waals surface area contributed by atoms with E-state index in [2.05, 4.69) is 15.3 Å². The first kappa shape index (κ1) is 11.9. The maximum Gasteiger partial charge on any atom is 0.251 e. The van der Waals surface area contributed by atoms with Crippen molar-refractivity contribution in [2.24, 2.45) is 0 Å². The van der Waals surface area contributed by atoms with Gasteiger partial charge in [0.15, 0.2) is 0 Å². The first-order chi connectivity index (χ1) is 8.79. The fraction of sp³-hybridized carbons (Fsp3) is 0.692. The second-order valence-electron chi connectivity index (χ2n) is 5.18. The molecule has 1 saturated carbocycles.